The Kier molecular flexibility index (Phi) is 2.88. The lowest BCUT2D eigenvalue weighted by molar-refractivity contribution is 0.0939. The van der Waals surface area contributed by atoms with E-state index in [1.54, 1.807) is 12.1 Å². The first-order valence-electron chi connectivity index (χ1n) is 6.15. The predicted molar refractivity (Wildman–Crippen MR) is 66.1 cm³/mol. The van der Waals surface area contributed by atoms with Crippen LogP contribution in [0, 0.1) is 11.7 Å². The highest BCUT2D eigenvalue weighted by molar-refractivity contribution is 5.97. The molecule has 3 rings (SSSR count). The molecule has 4 heteroatoms. The van der Waals surface area contributed by atoms with Crippen molar-refractivity contribution in [2.75, 3.05) is 13.1 Å². The number of hydrogen-bond acceptors (Lipinski definition) is 3. The molecule has 0 radical (unpaired) electrons. The van der Waals surface area contributed by atoms with E-state index >= 15 is 0 Å². The molecule has 1 aliphatic rings. The lowest BCUT2D eigenvalue weighted by atomic mass is 10.0. The molecule has 1 fully saturated rings. The van der Waals surface area contributed by atoms with Crippen LogP contribution >= 0.6 is 0 Å². The monoisotopic (exact) mass is 247 g/mol. The van der Waals surface area contributed by atoms with Gasteiger partial charge in [-0.2, -0.15) is 0 Å². The van der Waals surface area contributed by atoms with Gasteiger partial charge < -0.3 is 9.73 Å². The number of nitrogens with one attached hydrogen (secondary N) is 1. The quantitative estimate of drug-likeness (QED) is 0.848. The molecule has 1 aromatic carbocycles. The first kappa shape index (κ1) is 11.4. The number of benzene rings is 1. The Bertz CT molecular complexity index is 584. The van der Waals surface area contributed by atoms with Gasteiger partial charge in [0.25, 0.3) is 0 Å². The normalized spacial score (nSPS) is 19.5. The van der Waals surface area contributed by atoms with Gasteiger partial charge in [-0.3, -0.25) is 4.79 Å². The Hall–Kier alpha value is -1.68. The molecule has 1 aliphatic heterocycles. The molecule has 2 heterocycles. The van der Waals surface area contributed by atoms with Crippen molar-refractivity contribution >= 4 is 16.8 Å². The molecule has 2 aromatic rings. The van der Waals surface area contributed by atoms with Crippen molar-refractivity contribution in [2.24, 2.45) is 5.92 Å². The second-order valence-corrected chi connectivity index (χ2v) is 4.78. The van der Waals surface area contributed by atoms with Gasteiger partial charge in [-0.1, -0.05) is 0 Å². The minimum absolute atomic E-state index is 0.000285. The van der Waals surface area contributed by atoms with Crippen LogP contribution in [0.15, 0.2) is 28.7 Å². The number of Topliss-reactive ketones (excluding diaryl/α,β-unsaturated/α-hetero) is 1. The van der Waals surface area contributed by atoms with Crippen LogP contribution in [0.25, 0.3) is 11.0 Å². The number of carbonyl (C=O) groups excluding carboxylic acids is 1. The molecule has 0 spiro atoms. The third-order valence-electron chi connectivity index (χ3n) is 3.39. The fraction of sp³-hybridized carbons (Fsp3) is 0.357. The van der Waals surface area contributed by atoms with Crippen LogP contribution in [0.4, 0.5) is 4.39 Å². The topological polar surface area (TPSA) is 42.2 Å². The molecule has 1 saturated heterocycles. The molecule has 0 saturated carbocycles. The Morgan fingerprint density at radius 1 is 1.44 bits per heavy atom. The zero-order chi connectivity index (χ0) is 12.5. The summed E-state index contributed by atoms with van der Waals surface area (Å²) >= 11 is 0. The van der Waals surface area contributed by atoms with Crippen molar-refractivity contribution in [3.63, 3.8) is 0 Å². The highest BCUT2D eigenvalue weighted by Gasteiger charge is 2.21. The van der Waals surface area contributed by atoms with Gasteiger partial charge in [-0.25, -0.2) is 4.39 Å². The fourth-order valence-electron chi connectivity index (χ4n) is 2.40. The molecule has 1 unspecified atom stereocenters. The highest BCUT2D eigenvalue weighted by Crippen LogP contribution is 2.23. The van der Waals surface area contributed by atoms with Crippen molar-refractivity contribution in [1.82, 2.24) is 5.32 Å². The molecular weight excluding hydrogens is 233 g/mol. The first-order valence-corrected chi connectivity index (χ1v) is 6.15. The van der Waals surface area contributed by atoms with Gasteiger partial charge in [-0.15, -0.1) is 0 Å². The molecule has 3 nitrogen and oxygen atoms in total. The summed E-state index contributed by atoms with van der Waals surface area (Å²) < 4.78 is 18.5. The summed E-state index contributed by atoms with van der Waals surface area (Å²) in [5, 5.41) is 3.87. The third kappa shape index (κ3) is 2.16. The third-order valence-corrected chi connectivity index (χ3v) is 3.39. The average molecular weight is 247 g/mol. The van der Waals surface area contributed by atoms with Crippen molar-refractivity contribution in [2.45, 2.75) is 12.8 Å². The van der Waals surface area contributed by atoms with Gasteiger partial charge >= 0.3 is 0 Å². The average Bonchev–Trinajstić information content (AvgIpc) is 2.96. The molecule has 1 aromatic heterocycles. The summed E-state index contributed by atoms with van der Waals surface area (Å²) in [6, 6.07) is 5.90. The molecular formula is C14H14FNO2. The molecule has 1 atom stereocenters. The first-order chi connectivity index (χ1) is 8.72. The fourth-order valence-corrected chi connectivity index (χ4v) is 2.40. The van der Waals surface area contributed by atoms with Gasteiger partial charge in [0.2, 0.25) is 0 Å². The van der Waals surface area contributed by atoms with Crippen LogP contribution in [-0.2, 0) is 0 Å². The number of fused-ring (bicyclic) bond motifs is 1. The Labute approximate surface area is 104 Å². The van der Waals surface area contributed by atoms with E-state index in [0.29, 0.717) is 29.1 Å². The molecule has 0 aliphatic carbocycles. The van der Waals surface area contributed by atoms with Crippen molar-refractivity contribution < 1.29 is 13.6 Å². The van der Waals surface area contributed by atoms with E-state index in [4.69, 9.17) is 4.42 Å². The Balaban J connectivity index is 1.82. The largest absolute Gasteiger partial charge is 0.453 e. The van der Waals surface area contributed by atoms with Gasteiger partial charge in [-0.05, 0) is 49.7 Å². The minimum atomic E-state index is -0.317. The maximum atomic E-state index is 13.0. The summed E-state index contributed by atoms with van der Waals surface area (Å²) in [5.74, 6) is 0.410. The Morgan fingerprint density at radius 3 is 3.11 bits per heavy atom. The predicted octanol–water partition coefficient (Wildman–Crippen LogP) is 2.75. The van der Waals surface area contributed by atoms with Crippen LogP contribution in [0.2, 0.25) is 0 Å². The zero-order valence-electron chi connectivity index (χ0n) is 9.91. The molecule has 94 valence electrons. The molecule has 18 heavy (non-hydrogen) atoms. The van der Waals surface area contributed by atoms with E-state index in [9.17, 15) is 9.18 Å². The Morgan fingerprint density at radius 2 is 2.33 bits per heavy atom. The zero-order valence-corrected chi connectivity index (χ0v) is 9.91. The summed E-state index contributed by atoms with van der Waals surface area (Å²) in [7, 11) is 0. The van der Waals surface area contributed by atoms with Crippen LogP contribution in [-0.4, -0.2) is 18.9 Å². The van der Waals surface area contributed by atoms with Crippen molar-refractivity contribution in [3.8, 4) is 0 Å². The van der Waals surface area contributed by atoms with E-state index in [0.717, 1.165) is 19.5 Å². The summed E-state index contributed by atoms with van der Waals surface area (Å²) in [5.41, 5.74) is 0.560. The highest BCUT2D eigenvalue weighted by atomic mass is 19.1. The second kappa shape index (κ2) is 4.53. The van der Waals surface area contributed by atoms with Crippen LogP contribution in [0.5, 0.6) is 0 Å². The maximum absolute atomic E-state index is 13.0. The molecule has 1 N–H and O–H groups in total. The smallest absolute Gasteiger partial charge is 0.198 e. The minimum Gasteiger partial charge on any atom is -0.453 e. The summed E-state index contributed by atoms with van der Waals surface area (Å²) in [4.78, 5) is 12.0. The van der Waals surface area contributed by atoms with Crippen molar-refractivity contribution in [1.29, 1.82) is 0 Å². The summed E-state index contributed by atoms with van der Waals surface area (Å²) in [6.07, 6.45) is 1.52. The maximum Gasteiger partial charge on any atom is 0.198 e. The molecule has 0 amide bonds. The standard InChI is InChI=1S/C14H14FNO2/c15-11-1-2-13-10(6-11)7-14(18-13)12(17)5-9-3-4-16-8-9/h1-2,6-7,9,16H,3-5,8H2. The SMILES string of the molecule is O=C(CC1CCNC1)c1cc2cc(F)ccc2o1. The molecule has 0 bridgehead atoms. The van der Waals surface area contributed by atoms with E-state index in [2.05, 4.69) is 5.32 Å². The van der Waals surface area contributed by atoms with Gasteiger partial charge in [0, 0.05) is 11.8 Å². The van der Waals surface area contributed by atoms with E-state index < -0.39 is 0 Å². The lowest BCUT2D eigenvalue weighted by Gasteiger charge is -2.04. The number of carbonyl (C=O) groups is 1. The van der Waals surface area contributed by atoms with E-state index in [1.165, 1.54) is 12.1 Å². The van der Waals surface area contributed by atoms with Crippen LogP contribution < -0.4 is 5.32 Å². The number of ketones is 1. The van der Waals surface area contributed by atoms with Crippen molar-refractivity contribution in [3.05, 3.63) is 35.8 Å². The summed E-state index contributed by atoms with van der Waals surface area (Å²) in [6.45, 7) is 1.86. The van der Waals surface area contributed by atoms with Gasteiger partial charge in [0.1, 0.15) is 11.4 Å². The van der Waals surface area contributed by atoms with Gasteiger partial charge in [0.15, 0.2) is 11.5 Å². The van der Waals surface area contributed by atoms with Crippen LogP contribution in [0.1, 0.15) is 23.4 Å². The number of halogens is 1. The van der Waals surface area contributed by atoms with Crippen LogP contribution in [0.3, 0.4) is 0 Å². The van der Waals surface area contributed by atoms with Gasteiger partial charge in [0.05, 0.1) is 0 Å². The van der Waals surface area contributed by atoms with E-state index in [1.807, 2.05) is 0 Å². The number of furan rings is 1. The second-order valence-electron chi connectivity index (χ2n) is 4.78. The van der Waals surface area contributed by atoms with E-state index in [-0.39, 0.29) is 11.6 Å². The lowest BCUT2D eigenvalue weighted by Crippen LogP contribution is -2.12. The number of rotatable bonds is 3. The number of hydrogen-bond donors (Lipinski definition) is 1.